The van der Waals surface area contributed by atoms with Crippen molar-refractivity contribution >= 4 is 11.6 Å². The number of furan rings is 1. The van der Waals surface area contributed by atoms with Crippen molar-refractivity contribution in [1.82, 2.24) is 4.90 Å². The van der Waals surface area contributed by atoms with Gasteiger partial charge in [0.15, 0.2) is 6.61 Å². The minimum Gasteiger partial charge on any atom is -0.479 e. The summed E-state index contributed by atoms with van der Waals surface area (Å²) < 4.78 is 10.8. The van der Waals surface area contributed by atoms with E-state index in [2.05, 4.69) is 5.32 Å². The number of fused-ring (bicyclic) bond motifs is 1. The third-order valence-electron chi connectivity index (χ3n) is 4.43. The second-order valence-corrected chi connectivity index (χ2v) is 6.12. The number of anilines is 1. The van der Waals surface area contributed by atoms with E-state index in [0.29, 0.717) is 23.6 Å². The summed E-state index contributed by atoms with van der Waals surface area (Å²) in [5.41, 5.74) is 2.34. The van der Waals surface area contributed by atoms with E-state index in [-0.39, 0.29) is 18.7 Å². The monoisotopic (exact) mass is 359 g/mol. The van der Waals surface area contributed by atoms with E-state index < -0.39 is 0 Å². The van der Waals surface area contributed by atoms with Crippen LogP contribution in [0.1, 0.15) is 27.8 Å². The molecular formula is C21H17N3O3. The van der Waals surface area contributed by atoms with Crippen molar-refractivity contribution in [1.29, 1.82) is 5.26 Å². The zero-order chi connectivity index (χ0) is 18.6. The molecule has 1 amide bonds. The fourth-order valence-corrected chi connectivity index (χ4v) is 3.15. The van der Waals surface area contributed by atoms with Gasteiger partial charge in [-0.2, -0.15) is 5.26 Å². The summed E-state index contributed by atoms with van der Waals surface area (Å²) in [6, 6.07) is 20.4. The molecule has 4 rings (SSSR count). The first-order valence-corrected chi connectivity index (χ1v) is 8.55. The third-order valence-corrected chi connectivity index (χ3v) is 4.43. The van der Waals surface area contributed by atoms with Gasteiger partial charge in [0.05, 0.1) is 18.4 Å². The van der Waals surface area contributed by atoms with Crippen molar-refractivity contribution in [3.63, 3.8) is 0 Å². The van der Waals surface area contributed by atoms with E-state index in [1.165, 1.54) is 0 Å². The average Bonchev–Trinajstić information content (AvgIpc) is 3.22. The largest absolute Gasteiger partial charge is 0.479 e. The molecule has 0 unspecified atom stereocenters. The number of amides is 1. The zero-order valence-corrected chi connectivity index (χ0v) is 14.5. The van der Waals surface area contributed by atoms with Crippen LogP contribution in [-0.2, 0) is 6.54 Å². The summed E-state index contributed by atoms with van der Waals surface area (Å²) in [6.45, 7) is 0.349. The quantitative estimate of drug-likeness (QED) is 0.746. The van der Waals surface area contributed by atoms with E-state index in [4.69, 9.17) is 14.4 Å². The molecule has 1 aliphatic rings. The predicted molar refractivity (Wildman–Crippen MR) is 98.9 cm³/mol. The highest BCUT2D eigenvalue weighted by Crippen LogP contribution is 2.34. The Labute approximate surface area is 156 Å². The molecule has 0 bridgehead atoms. The number of nitriles is 1. The van der Waals surface area contributed by atoms with Crippen molar-refractivity contribution in [2.75, 3.05) is 11.9 Å². The molecule has 27 heavy (non-hydrogen) atoms. The van der Waals surface area contributed by atoms with Crippen molar-refractivity contribution in [3.8, 4) is 11.8 Å². The van der Waals surface area contributed by atoms with Crippen LogP contribution >= 0.6 is 0 Å². The molecule has 2 heterocycles. The molecule has 6 heteroatoms. The predicted octanol–water partition coefficient (Wildman–Crippen LogP) is 3.95. The van der Waals surface area contributed by atoms with Gasteiger partial charge in [-0.1, -0.05) is 24.3 Å². The Morgan fingerprint density at radius 3 is 2.67 bits per heavy atom. The van der Waals surface area contributed by atoms with Gasteiger partial charge in [0.25, 0.3) is 5.91 Å². The SMILES string of the molecule is N#CCOc1ccc([C@H]2Nc3ccccc3C(=O)N2Cc2ccco2)cc1. The number of rotatable bonds is 5. The molecule has 1 aromatic heterocycles. The summed E-state index contributed by atoms with van der Waals surface area (Å²) in [5.74, 6) is 1.26. The maximum absolute atomic E-state index is 13.1. The van der Waals surface area contributed by atoms with Crippen molar-refractivity contribution in [2.45, 2.75) is 12.7 Å². The van der Waals surface area contributed by atoms with Gasteiger partial charge in [-0.25, -0.2) is 0 Å². The number of ether oxygens (including phenoxy) is 1. The van der Waals surface area contributed by atoms with E-state index in [1.54, 1.807) is 23.3 Å². The van der Waals surface area contributed by atoms with E-state index >= 15 is 0 Å². The first-order chi connectivity index (χ1) is 13.3. The molecule has 1 aliphatic heterocycles. The van der Waals surface area contributed by atoms with Gasteiger partial charge in [0.1, 0.15) is 23.7 Å². The van der Waals surface area contributed by atoms with E-state index in [1.807, 2.05) is 54.6 Å². The Morgan fingerprint density at radius 1 is 1.11 bits per heavy atom. The minimum atomic E-state index is -0.345. The summed E-state index contributed by atoms with van der Waals surface area (Å²) in [6.07, 6.45) is 1.25. The Bertz CT molecular complexity index is 975. The zero-order valence-electron chi connectivity index (χ0n) is 14.5. The molecule has 2 aromatic carbocycles. The molecule has 0 fully saturated rings. The molecule has 0 saturated heterocycles. The fraction of sp³-hybridized carbons (Fsp3) is 0.143. The van der Waals surface area contributed by atoms with Crippen LogP contribution in [0.15, 0.2) is 71.3 Å². The average molecular weight is 359 g/mol. The number of nitrogens with one attached hydrogen (secondary N) is 1. The van der Waals surface area contributed by atoms with Gasteiger partial charge >= 0.3 is 0 Å². The number of hydrogen-bond acceptors (Lipinski definition) is 5. The fourth-order valence-electron chi connectivity index (χ4n) is 3.15. The molecule has 0 radical (unpaired) electrons. The Hall–Kier alpha value is -3.72. The van der Waals surface area contributed by atoms with Gasteiger partial charge in [-0.3, -0.25) is 4.79 Å². The first kappa shape index (κ1) is 16.7. The molecule has 3 aromatic rings. The van der Waals surface area contributed by atoms with Gasteiger partial charge in [-0.05, 0) is 42.0 Å². The van der Waals surface area contributed by atoms with Crippen molar-refractivity contribution < 1.29 is 13.9 Å². The topological polar surface area (TPSA) is 78.5 Å². The summed E-state index contributed by atoms with van der Waals surface area (Å²) >= 11 is 0. The second-order valence-electron chi connectivity index (χ2n) is 6.12. The third kappa shape index (κ3) is 3.35. The lowest BCUT2D eigenvalue weighted by Crippen LogP contribution is -2.42. The van der Waals surface area contributed by atoms with Gasteiger partial charge in [0.2, 0.25) is 0 Å². The Balaban J connectivity index is 1.67. The van der Waals surface area contributed by atoms with Crippen LogP contribution in [0.4, 0.5) is 5.69 Å². The Morgan fingerprint density at radius 2 is 1.93 bits per heavy atom. The van der Waals surface area contributed by atoms with Crippen LogP contribution in [0.2, 0.25) is 0 Å². The first-order valence-electron chi connectivity index (χ1n) is 8.55. The highest BCUT2D eigenvalue weighted by atomic mass is 16.5. The normalized spacial score (nSPS) is 15.6. The van der Waals surface area contributed by atoms with E-state index in [9.17, 15) is 4.79 Å². The molecule has 0 saturated carbocycles. The minimum absolute atomic E-state index is 0.00248. The molecule has 134 valence electrons. The van der Waals surface area contributed by atoms with Gasteiger partial charge in [0, 0.05) is 5.69 Å². The van der Waals surface area contributed by atoms with Crippen LogP contribution in [0.5, 0.6) is 5.75 Å². The highest BCUT2D eigenvalue weighted by Gasteiger charge is 2.33. The molecule has 1 atom stereocenters. The van der Waals surface area contributed by atoms with Gasteiger partial charge in [-0.15, -0.1) is 0 Å². The molecule has 1 N–H and O–H groups in total. The second kappa shape index (κ2) is 7.26. The van der Waals surface area contributed by atoms with E-state index in [0.717, 1.165) is 11.3 Å². The summed E-state index contributed by atoms with van der Waals surface area (Å²) in [4.78, 5) is 14.9. The molecular weight excluding hydrogens is 342 g/mol. The standard InChI is InChI=1S/C21H17N3O3/c22-11-13-27-16-9-7-15(8-10-16)20-23-19-6-2-1-5-18(19)21(25)24(20)14-17-4-3-12-26-17/h1-10,12,20,23H,13-14H2/t20-/m0/s1. The number of benzene rings is 2. The number of nitrogens with zero attached hydrogens (tertiary/aromatic N) is 2. The number of hydrogen-bond donors (Lipinski definition) is 1. The van der Waals surface area contributed by atoms with Crippen LogP contribution < -0.4 is 10.1 Å². The summed E-state index contributed by atoms with van der Waals surface area (Å²) in [5, 5.41) is 12.1. The maximum Gasteiger partial charge on any atom is 0.258 e. The maximum atomic E-state index is 13.1. The van der Waals surface area contributed by atoms with Crippen molar-refractivity contribution in [2.24, 2.45) is 0 Å². The van der Waals surface area contributed by atoms with Crippen LogP contribution in [0.3, 0.4) is 0 Å². The lowest BCUT2D eigenvalue weighted by atomic mass is 10.0. The van der Waals surface area contributed by atoms with Crippen LogP contribution in [-0.4, -0.2) is 17.4 Å². The number of para-hydroxylation sites is 1. The lowest BCUT2D eigenvalue weighted by molar-refractivity contribution is 0.0651. The lowest BCUT2D eigenvalue weighted by Gasteiger charge is -2.37. The Kier molecular flexibility index (Phi) is 4.50. The molecule has 6 nitrogen and oxygen atoms in total. The van der Waals surface area contributed by atoms with Crippen LogP contribution in [0.25, 0.3) is 0 Å². The van der Waals surface area contributed by atoms with Crippen molar-refractivity contribution in [3.05, 3.63) is 83.8 Å². The summed E-state index contributed by atoms with van der Waals surface area (Å²) in [7, 11) is 0. The molecule has 0 spiro atoms. The highest BCUT2D eigenvalue weighted by molar-refractivity contribution is 6.01. The van der Waals surface area contributed by atoms with Crippen LogP contribution in [0, 0.1) is 11.3 Å². The number of carbonyl (C=O) groups excluding carboxylic acids is 1. The molecule has 0 aliphatic carbocycles. The van der Waals surface area contributed by atoms with Gasteiger partial charge < -0.3 is 19.4 Å². The smallest absolute Gasteiger partial charge is 0.258 e. The number of carbonyl (C=O) groups is 1.